The van der Waals surface area contributed by atoms with Crippen LogP contribution in [0.5, 0.6) is 0 Å². The maximum Gasteiger partial charge on any atom is 0.0658 e. The van der Waals surface area contributed by atoms with E-state index in [2.05, 4.69) is 15.9 Å². The van der Waals surface area contributed by atoms with Crippen molar-refractivity contribution in [1.29, 1.82) is 0 Å². The van der Waals surface area contributed by atoms with Gasteiger partial charge in [0.1, 0.15) is 0 Å². The number of hydrogen-bond acceptors (Lipinski definition) is 0. The highest BCUT2D eigenvalue weighted by atomic mass is 79.9. The first-order chi connectivity index (χ1) is 8.08. The molecule has 0 N–H and O–H groups in total. The minimum absolute atomic E-state index is 0.0994. The summed E-state index contributed by atoms with van der Waals surface area (Å²) in [4.78, 5) is 0.0994. The second-order valence-corrected chi connectivity index (χ2v) is 6.14. The molecule has 1 aliphatic rings. The van der Waals surface area contributed by atoms with E-state index in [9.17, 15) is 0 Å². The molecule has 0 spiro atoms. The summed E-state index contributed by atoms with van der Waals surface area (Å²) in [5, 5.41) is 2.05. The van der Waals surface area contributed by atoms with Crippen molar-refractivity contribution in [3.05, 3.63) is 56.5 Å². The van der Waals surface area contributed by atoms with Gasteiger partial charge in [0.25, 0.3) is 0 Å². The maximum absolute atomic E-state index is 6.27. The molecule has 3 rings (SSSR count). The van der Waals surface area contributed by atoms with Gasteiger partial charge in [-0.25, -0.2) is 0 Å². The van der Waals surface area contributed by atoms with E-state index in [0.29, 0.717) is 10.0 Å². The van der Waals surface area contributed by atoms with Crippen LogP contribution in [0.4, 0.5) is 0 Å². The van der Waals surface area contributed by atoms with E-state index in [-0.39, 0.29) is 4.83 Å². The first kappa shape index (κ1) is 11.9. The lowest BCUT2D eigenvalue weighted by Gasteiger charge is -2.05. The lowest BCUT2D eigenvalue weighted by Crippen LogP contribution is -1.85. The Labute approximate surface area is 123 Å². The molecule has 0 fully saturated rings. The van der Waals surface area contributed by atoms with Crippen molar-refractivity contribution < 1.29 is 0 Å². The van der Waals surface area contributed by atoms with Crippen LogP contribution in [-0.4, -0.2) is 0 Å². The van der Waals surface area contributed by atoms with Gasteiger partial charge in [-0.15, -0.1) is 0 Å². The van der Waals surface area contributed by atoms with Crippen molar-refractivity contribution in [1.82, 2.24) is 0 Å². The summed E-state index contributed by atoms with van der Waals surface area (Å²) in [5.41, 5.74) is 4.40. The van der Waals surface area contributed by atoms with Gasteiger partial charge in [0.05, 0.1) is 9.85 Å². The van der Waals surface area contributed by atoms with Crippen LogP contribution in [0, 0.1) is 0 Å². The van der Waals surface area contributed by atoms with E-state index in [1.54, 1.807) is 6.07 Å². The van der Waals surface area contributed by atoms with Crippen molar-refractivity contribution in [2.45, 2.75) is 4.83 Å². The fourth-order valence-corrected chi connectivity index (χ4v) is 3.75. The Bertz CT molecular complexity index is 622. The lowest BCUT2D eigenvalue weighted by molar-refractivity contribution is 1.25. The molecular weight excluding hydrogens is 342 g/mol. The summed E-state index contributed by atoms with van der Waals surface area (Å²) < 4.78 is 0. The van der Waals surface area contributed by atoms with Crippen molar-refractivity contribution >= 4 is 50.7 Å². The summed E-state index contributed by atoms with van der Waals surface area (Å²) in [6.45, 7) is 0. The monoisotopic (exact) mass is 346 g/mol. The zero-order chi connectivity index (χ0) is 12.2. The molecule has 0 radical (unpaired) electrons. The highest BCUT2D eigenvalue weighted by Gasteiger charge is 2.29. The molecule has 0 heterocycles. The molecule has 0 aliphatic heterocycles. The molecule has 1 atom stereocenters. The van der Waals surface area contributed by atoms with E-state index in [0.717, 1.165) is 27.3 Å². The summed E-state index contributed by atoms with van der Waals surface area (Å²) in [6.07, 6.45) is 0. The number of alkyl halides is 1. The van der Waals surface area contributed by atoms with E-state index < -0.39 is 0 Å². The molecule has 0 nitrogen and oxygen atoms in total. The quantitative estimate of drug-likeness (QED) is 0.504. The Morgan fingerprint density at radius 2 is 1.59 bits per heavy atom. The average Bonchev–Trinajstić information content (AvgIpc) is 2.53. The SMILES string of the molecule is Clc1ccc2c(c1)[C@@H](Br)c1cc(Cl)cc(Cl)c1-2. The van der Waals surface area contributed by atoms with Crippen LogP contribution in [0.1, 0.15) is 16.0 Å². The predicted molar refractivity (Wildman–Crippen MR) is 77.7 cm³/mol. The second-order valence-electron chi connectivity index (χ2n) is 3.95. The van der Waals surface area contributed by atoms with Crippen LogP contribution >= 0.6 is 50.7 Å². The molecule has 4 heteroatoms. The lowest BCUT2D eigenvalue weighted by atomic mass is 10.1. The standard InChI is InChI=1S/C13H6BrCl3/c14-13-9-3-6(15)1-2-8(9)12-10(13)4-7(16)5-11(12)17/h1-5,13H/t13-/m1/s1. The minimum Gasteiger partial charge on any atom is -0.0843 e. The van der Waals surface area contributed by atoms with Gasteiger partial charge < -0.3 is 0 Å². The Kier molecular flexibility index (Phi) is 2.91. The van der Waals surface area contributed by atoms with E-state index >= 15 is 0 Å². The largest absolute Gasteiger partial charge is 0.0843 e. The number of rotatable bonds is 0. The molecule has 0 saturated carbocycles. The van der Waals surface area contributed by atoms with Gasteiger partial charge in [-0.2, -0.15) is 0 Å². The molecule has 0 amide bonds. The summed E-state index contributed by atoms with van der Waals surface area (Å²) in [7, 11) is 0. The average molecular weight is 348 g/mol. The fraction of sp³-hybridized carbons (Fsp3) is 0.0769. The predicted octanol–water partition coefficient (Wildman–Crippen LogP) is 6.11. The van der Waals surface area contributed by atoms with Crippen LogP contribution in [0.25, 0.3) is 11.1 Å². The molecule has 0 aromatic heterocycles. The molecule has 2 aromatic rings. The molecule has 86 valence electrons. The van der Waals surface area contributed by atoms with Crippen molar-refractivity contribution in [2.24, 2.45) is 0 Å². The highest BCUT2D eigenvalue weighted by Crippen LogP contribution is 2.51. The smallest absolute Gasteiger partial charge is 0.0658 e. The molecule has 0 bridgehead atoms. The molecule has 0 unspecified atom stereocenters. The van der Waals surface area contributed by atoms with Crippen LogP contribution in [0.2, 0.25) is 15.1 Å². The first-order valence-corrected chi connectivity index (χ1v) is 7.05. The van der Waals surface area contributed by atoms with E-state index in [1.165, 1.54) is 0 Å². The molecule has 0 saturated heterocycles. The van der Waals surface area contributed by atoms with E-state index in [4.69, 9.17) is 34.8 Å². The third-order valence-electron chi connectivity index (χ3n) is 2.91. The zero-order valence-corrected chi connectivity index (χ0v) is 12.3. The molecule has 2 aromatic carbocycles. The van der Waals surface area contributed by atoms with Crippen LogP contribution in [0.3, 0.4) is 0 Å². The van der Waals surface area contributed by atoms with Crippen molar-refractivity contribution in [3.63, 3.8) is 0 Å². The maximum atomic E-state index is 6.27. The van der Waals surface area contributed by atoms with Crippen LogP contribution < -0.4 is 0 Å². The first-order valence-electron chi connectivity index (χ1n) is 5.01. The summed E-state index contributed by atoms with van der Waals surface area (Å²) >= 11 is 22.0. The Balaban J connectivity index is 2.35. The molecule has 1 aliphatic carbocycles. The number of halogens is 4. The number of hydrogen-bond donors (Lipinski definition) is 0. The molecular formula is C13H6BrCl3. The van der Waals surface area contributed by atoms with Gasteiger partial charge in [-0.1, -0.05) is 56.8 Å². The Morgan fingerprint density at radius 1 is 0.882 bits per heavy atom. The summed E-state index contributed by atoms with van der Waals surface area (Å²) in [5.74, 6) is 0. The third-order valence-corrected chi connectivity index (χ3v) is 4.65. The molecule has 17 heavy (non-hydrogen) atoms. The van der Waals surface area contributed by atoms with Crippen molar-refractivity contribution in [3.8, 4) is 11.1 Å². The Hall–Kier alpha value is -0.210. The summed E-state index contributed by atoms with van der Waals surface area (Å²) in [6, 6.07) is 9.54. The van der Waals surface area contributed by atoms with E-state index in [1.807, 2.05) is 24.3 Å². The second kappa shape index (κ2) is 4.17. The van der Waals surface area contributed by atoms with Crippen LogP contribution in [-0.2, 0) is 0 Å². The van der Waals surface area contributed by atoms with Gasteiger partial charge >= 0.3 is 0 Å². The number of fused-ring (bicyclic) bond motifs is 3. The fourth-order valence-electron chi connectivity index (χ4n) is 2.22. The van der Waals surface area contributed by atoms with Gasteiger partial charge in [-0.3, -0.25) is 0 Å². The van der Waals surface area contributed by atoms with Crippen LogP contribution in [0.15, 0.2) is 30.3 Å². The Morgan fingerprint density at radius 3 is 2.35 bits per heavy atom. The minimum atomic E-state index is 0.0994. The van der Waals surface area contributed by atoms with Gasteiger partial charge in [-0.05, 0) is 41.0 Å². The highest BCUT2D eigenvalue weighted by molar-refractivity contribution is 9.09. The third kappa shape index (κ3) is 1.80. The zero-order valence-electron chi connectivity index (χ0n) is 8.48. The van der Waals surface area contributed by atoms with Gasteiger partial charge in [0, 0.05) is 15.6 Å². The van der Waals surface area contributed by atoms with Crippen molar-refractivity contribution in [2.75, 3.05) is 0 Å². The normalized spacial score (nSPS) is 16.8. The number of benzene rings is 2. The van der Waals surface area contributed by atoms with Gasteiger partial charge in [0.15, 0.2) is 0 Å². The topological polar surface area (TPSA) is 0 Å². The van der Waals surface area contributed by atoms with Gasteiger partial charge in [0.2, 0.25) is 0 Å².